The highest BCUT2D eigenvalue weighted by Crippen LogP contribution is 2.38. The molecule has 2 saturated heterocycles. The zero-order valence-electron chi connectivity index (χ0n) is 14.5. The van der Waals surface area contributed by atoms with Gasteiger partial charge in [0.2, 0.25) is 11.8 Å². The van der Waals surface area contributed by atoms with Gasteiger partial charge < -0.3 is 15.5 Å². The van der Waals surface area contributed by atoms with E-state index in [0.717, 1.165) is 25.1 Å². The molecular weight excluding hydrogens is 361 g/mol. The Morgan fingerprint density at radius 1 is 1.40 bits per heavy atom. The lowest BCUT2D eigenvalue weighted by Gasteiger charge is -2.32. The third kappa shape index (κ3) is 4.27. The molecule has 2 fully saturated rings. The van der Waals surface area contributed by atoms with E-state index < -0.39 is 0 Å². The number of piperidine rings is 1. The minimum absolute atomic E-state index is 0. The summed E-state index contributed by atoms with van der Waals surface area (Å²) in [5.74, 6) is 0.0120. The summed E-state index contributed by atoms with van der Waals surface area (Å²) < 4.78 is 0. The normalized spacial score (nSPS) is 29.2. The van der Waals surface area contributed by atoms with Crippen LogP contribution in [0.3, 0.4) is 0 Å². The van der Waals surface area contributed by atoms with Crippen molar-refractivity contribution in [3.05, 3.63) is 34.9 Å². The summed E-state index contributed by atoms with van der Waals surface area (Å²) in [5.41, 5.74) is 0.908. The lowest BCUT2D eigenvalue weighted by atomic mass is 9.90. The van der Waals surface area contributed by atoms with Crippen LogP contribution in [0.1, 0.15) is 31.4 Å². The average molecular weight is 386 g/mol. The van der Waals surface area contributed by atoms with E-state index in [1.54, 1.807) is 18.0 Å². The number of carbonyl (C=O) groups is 2. The predicted molar refractivity (Wildman–Crippen MR) is 101 cm³/mol. The van der Waals surface area contributed by atoms with E-state index >= 15 is 0 Å². The van der Waals surface area contributed by atoms with E-state index in [1.807, 2.05) is 18.2 Å². The number of likely N-dealkylation sites (tertiary alicyclic amines) is 1. The summed E-state index contributed by atoms with van der Waals surface area (Å²) in [5, 5.41) is 7.09. The minimum Gasteiger partial charge on any atom is -0.351 e. The highest BCUT2D eigenvalue weighted by atomic mass is 35.5. The maximum Gasteiger partial charge on any atom is 0.226 e. The average Bonchev–Trinajstić information content (AvgIpc) is 2.85. The van der Waals surface area contributed by atoms with Gasteiger partial charge in [0.25, 0.3) is 0 Å². The molecule has 4 atom stereocenters. The Balaban J connectivity index is 0.00000225. The van der Waals surface area contributed by atoms with Crippen molar-refractivity contribution in [1.82, 2.24) is 15.5 Å². The Kier molecular flexibility index (Phi) is 6.72. The van der Waals surface area contributed by atoms with E-state index in [4.69, 9.17) is 11.6 Å². The molecule has 0 radical (unpaired) electrons. The zero-order chi connectivity index (χ0) is 17.3. The number of rotatable bonds is 3. The van der Waals surface area contributed by atoms with Crippen LogP contribution in [-0.4, -0.2) is 42.9 Å². The van der Waals surface area contributed by atoms with E-state index in [9.17, 15) is 9.59 Å². The van der Waals surface area contributed by atoms with Crippen molar-refractivity contribution in [2.24, 2.45) is 11.8 Å². The highest BCUT2D eigenvalue weighted by Gasteiger charge is 2.43. The Labute approximate surface area is 159 Å². The minimum atomic E-state index is -0.380. The van der Waals surface area contributed by atoms with E-state index in [1.165, 1.54) is 0 Å². The van der Waals surface area contributed by atoms with Gasteiger partial charge in [0.15, 0.2) is 0 Å². The van der Waals surface area contributed by atoms with Crippen molar-refractivity contribution in [3.8, 4) is 0 Å². The van der Waals surface area contributed by atoms with Crippen molar-refractivity contribution in [2.45, 2.75) is 31.8 Å². The van der Waals surface area contributed by atoms with Crippen LogP contribution in [0.2, 0.25) is 5.02 Å². The number of halogens is 2. The molecule has 3 rings (SSSR count). The van der Waals surface area contributed by atoms with Gasteiger partial charge in [-0.2, -0.15) is 0 Å². The number of nitrogens with zero attached hydrogens (tertiary/aromatic N) is 1. The van der Waals surface area contributed by atoms with E-state index in [-0.39, 0.29) is 48.6 Å². The second kappa shape index (κ2) is 8.39. The quantitative estimate of drug-likeness (QED) is 0.839. The first-order chi connectivity index (χ1) is 11.5. The molecule has 0 aliphatic carbocycles. The number of carbonyl (C=O) groups excluding carboxylic acids is 2. The number of hydrogen-bond donors (Lipinski definition) is 2. The smallest absolute Gasteiger partial charge is 0.226 e. The maximum atomic E-state index is 12.9. The van der Waals surface area contributed by atoms with Gasteiger partial charge in [0.1, 0.15) is 0 Å². The first kappa shape index (κ1) is 20.0. The number of amides is 2. The van der Waals surface area contributed by atoms with Gasteiger partial charge in [-0.1, -0.05) is 30.7 Å². The molecule has 2 aliphatic rings. The Bertz CT molecular complexity index is 641. The van der Waals surface area contributed by atoms with Gasteiger partial charge in [-0.3, -0.25) is 9.59 Å². The number of benzene rings is 1. The maximum absolute atomic E-state index is 12.9. The lowest BCUT2D eigenvalue weighted by molar-refractivity contribution is -0.128. The molecule has 2 N–H and O–H groups in total. The Morgan fingerprint density at radius 2 is 2.16 bits per heavy atom. The largest absolute Gasteiger partial charge is 0.351 e. The molecular formula is C18H25Cl2N3O2. The molecule has 0 spiro atoms. The van der Waals surface area contributed by atoms with Crippen LogP contribution < -0.4 is 10.6 Å². The fourth-order valence-corrected chi connectivity index (χ4v) is 3.92. The predicted octanol–water partition coefficient (Wildman–Crippen LogP) is 2.40. The molecule has 4 unspecified atom stereocenters. The first-order valence-electron chi connectivity index (χ1n) is 8.49. The van der Waals surface area contributed by atoms with Crippen LogP contribution in [0, 0.1) is 11.8 Å². The van der Waals surface area contributed by atoms with Crippen LogP contribution in [0.25, 0.3) is 0 Å². The summed E-state index contributed by atoms with van der Waals surface area (Å²) in [6, 6.07) is 7.28. The van der Waals surface area contributed by atoms with Gasteiger partial charge in [-0.15, -0.1) is 12.4 Å². The third-order valence-corrected chi connectivity index (χ3v) is 5.50. The molecule has 0 aromatic heterocycles. The number of nitrogens with one attached hydrogen (secondary N) is 2. The molecule has 25 heavy (non-hydrogen) atoms. The Hall–Kier alpha value is -1.30. The second-order valence-electron chi connectivity index (χ2n) is 6.90. The van der Waals surface area contributed by atoms with E-state index in [2.05, 4.69) is 17.6 Å². The summed E-state index contributed by atoms with van der Waals surface area (Å²) in [7, 11) is 1.76. The SMILES string of the molecule is CC1CCNCC1NC(=O)C1CC(=O)N(C)C1c1cccc(Cl)c1.Cl. The summed E-state index contributed by atoms with van der Waals surface area (Å²) in [6.45, 7) is 3.93. The molecule has 2 aliphatic heterocycles. The molecule has 0 saturated carbocycles. The molecule has 0 bridgehead atoms. The first-order valence-corrected chi connectivity index (χ1v) is 8.87. The fraction of sp³-hybridized carbons (Fsp3) is 0.556. The van der Waals surface area contributed by atoms with Crippen molar-refractivity contribution in [1.29, 1.82) is 0 Å². The molecule has 1 aromatic rings. The van der Waals surface area contributed by atoms with Crippen LogP contribution in [0.15, 0.2) is 24.3 Å². The Morgan fingerprint density at radius 3 is 2.84 bits per heavy atom. The van der Waals surface area contributed by atoms with Gasteiger partial charge in [-0.05, 0) is 36.6 Å². The van der Waals surface area contributed by atoms with Crippen molar-refractivity contribution in [3.63, 3.8) is 0 Å². The van der Waals surface area contributed by atoms with Gasteiger partial charge in [-0.25, -0.2) is 0 Å². The van der Waals surface area contributed by atoms with Crippen LogP contribution in [0.5, 0.6) is 0 Å². The standard InChI is InChI=1S/C18H24ClN3O2.ClH/c1-11-6-7-20-10-15(11)21-18(24)14-9-16(23)22(2)17(14)12-4-3-5-13(19)8-12;/h3-5,8,11,14-15,17,20H,6-7,9-10H2,1-2H3,(H,21,24);1H. The van der Waals surface area contributed by atoms with Crippen LogP contribution in [-0.2, 0) is 9.59 Å². The lowest BCUT2D eigenvalue weighted by Crippen LogP contribution is -2.52. The molecule has 138 valence electrons. The molecule has 5 nitrogen and oxygen atoms in total. The monoisotopic (exact) mass is 385 g/mol. The summed E-state index contributed by atoms with van der Waals surface area (Å²) >= 11 is 6.10. The van der Waals surface area contributed by atoms with Crippen molar-refractivity contribution < 1.29 is 9.59 Å². The summed E-state index contributed by atoms with van der Waals surface area (Å²) in [6.07, 6.45) is 1.29. The molecule has 1 aromatic carbocycles. The third-order valence-electron chi connectivity index (χ3n) is 5.27. The topological polar surface area (TPSA) is 61.4 Å². The van der Waals surface area contributed by atoms with Gasteiger partial charge >= 0.3 is 0 Å². The molecule has 2 amide bonds. The molecule has 7 heteroatoms. The molecule has 2 heterocycles. The fourth-order valence-electron chi connectivity index (χ4n) is 3.72. The van der Waals surface area contributed by atoms with Gasteiger partial charge in [0, 0.05) is 31.1 Å². The van der Waals surface area contributed by atoms with Crippen molar-refractivity contribution in [2.75, 3.05) is 20.1 Å². The highest BCUT2D eigenvalue weighted by molar-refractivity contribution is 6.30. The second-order valence-corrected chi connectivity index (χ2v) is 7.34. The van der Waals surface area contributed by atoms with Crippen LogP contribution in [0.4, 0.5) is 0 Å². The van der Waals surface area contributed by atoms with Crippen LogP contribution >= 0.6 is 24.0 Å². The van der Waals surface area contributed by atoms with Crippen molar-refractivity contribution >= 4 is 35.8 Å². The van der Waals surface area contributed by atoms with Gasteiger partial charge in [0.05, 0.1) is 12.0 Å². The summed E-state index contributed by atoms with van der Waals surface area (Å²) in [4.78, 5) is 26.7. The zero-order valence-corrected chi connectivity index (χ0v) is 16.1. The number of hydrogen-bond acceptors (Lipinski definition) is 3. The van der Waals surface area contributed by atoms with E-state index in [0.29, 0.717) is 10.9 Å².